The summed E-state index contributed by atoms with van der Waals surface area (Å²) in [5.74, 6) is 0.420. The molecule has 1 fully saturated rings. The first-order valence-corrected chi connectivity index (χ1v) is 19.7. The van der Waals surface area contributed by atoms with Crippen molar-refractivity contribution < 1.29 is 14.0 Å². The van der Waals surface area contributed by atoms with Crippen LogP contribution in [0.3, 0.4) is 0 Å². The van der Waals surface area contributed by atoms with E-state index in [0.717, 1.165) is 5.56 Å². The molecule has 3 heterocycles. The van der Waals surface area contributed by atoms with Crippen LogP contribution in [-0.2, 0) is 9.16 Å². The van der Waals surface area contributed by atoms with Gasteiger partial charge in [-0.25, -0.2) is 19.1 Å². The van der Waals surface area contributed by atoms with Crippen LogP contribution >= 0.6 is 34.8 Å². The number of piperazine rings is 1. The lowest BCUT2D eigenvalue weighted by Gasteiger charge is -2.47. The highest BCUT2D eigenvalue weighted by Gasteiger charge is 2.42. The molecular weight excluding hydrogens is 665 g/mol. The number of amides is 1. The molecule has 2 atom stereocenters. The number of nitrogens with zero attached hydrogens (tertiary/aromatic N) is 5. The van der Waals surface area contributed by atoms with Crippen LogP contribution in [0.4, 0.5) is 10.6 Å². The fraction of sp³-hybridized carbons (Fsp3) is 0.576. The van der Waals surface area contributed by atoms with Crippen molar-refractivity contribution in [3.63, 3.8) is 0 Å². The average Bonchev–Trinajstić information content (AvgIpc) is 2.93. The highest BCUT2D eigenvalue weighted by atomic mass is 35.5. The molecule has 0 bridgehead atoms. The first-order chi connectivity index (χ1) is 21.1. The largest absolute Gasteiger partial charge is 0.444 e. The number of ether oxygens (including phenoxy) is 1. The lowest BCUT2D eigenvalue weighted by atomic mass is 10.0. The summed E-state index contributed by atoms with van der Waals surface area (Å²) >= 11 is 20.1. The van der Waals surface area contributed by atoms with Gasteiger partial charge in [0.15, 0.2) is 19.1 Å². The molecule has 1 aliphatic heterocycles. The normalized spacial score (nSPS) is 18.1. The number of anilines is 1. The quantitative estimate of drug-likeness (QED) is 0.187. The van der Waals surface area contributed by atoms with Gasteiger partial charge in [-0.2, -0.15) is 4.98 Å². The maximum atomic E-state index is 14.1. The number of hydrogen-bond acceptors (Lipinski definition) is 7. The van der Waals surface area contributed by atoms with Gasteiger partial charge < -0.3 is 19.0 Å². The van der Waals surface area contributed by atoms with Crippen LogP contribution in [0, 0.1) is 0 Å². The van der Waals surface area contributed by atoms with Crippen molar-refractivity contribution in [3.05, 3.63) is 55.5 Å². The number of rotatable bonds is 6. The molecule has 2 aromatic heterocycles. The zero-order chi connectivity index (χ0) is 34.5. The predicted octanol–water partition coefficient (Wildman–Crippen LogP) is 8.70. The van der Waals surface area contributed by atoms with Crippen LogP contribution in [0.25, 0.3) is 16.7 Å². The predicted molar refractivity (Wildman–Crippen MR) is 191 cm³/mol. The van der Waals surface area contributed by atoms with Crippen LogP contribution in [0.5, 0.6) is 0 Å². The average molecular weight is 711 g/mol. The Morgan fingerprint density at radius 1 is 1.02 bits per heavy atom. The van der Waals surface area contributed by atoms with Crippen molar-refractivity contribution in [1.82, 2.24) is 19.4 Å². The molecule has 0 spiro atoms. The lowest BCUT2D eigenvalue weighted by molar-refractivity contribution is 0.0105. The Morgan fingerprint density at radius 3 is 2.24 bits per heavy atom. The monoisotopic (exact) mass is 709 g/mol. The molecule has 46 heavy (non-hydrogen) atoms. The van der Waals surface area contributed by atoms with Crippen LogP contribution in [0.15, 0.2) is 29.1 Å². The van der Waals surface area contributed by atoms with E-state index < -0.39 is 31.7 Å². The van der Waals surface area contributed by atoms with Gasteiger partial charge in [0.1, 0.15) is 11.4 Å². The van der Waals surface area contributed by atoms with Crippen LogP contribution < -0.4 is 10.6 Å². The third kappa shape index (κ3) is 7.36. The van der Waals surface area contributed by atoms with Gasteiger partial charge in [-0.3, -0.25) is 0 Å². The van der Waals surface area contributed by atoms with E-state index in [-0.39, 0.29) is 51.0 Å². The van der Waals surface area contributed by atoms with Crippen molar-refractivity contribution in [2.24, 2.45) is 0 Å². The van der Waals surface area contributed by atoms with E-state index in [1.165, 1.54) is 4.57 Å². The molecule has 0 radical (unpaired) electrons. The van der Waals surface area contributed by atoms with Gasteiger partial charge in [0, 0.05) is 19.1 Å². The van der Waals surface area contributed by atoms with Crippen molar-refractivity contribution >= 4 is 66.1 Å². The number of fused-ring (bicyclic) bond motifs is 1. The molecule has 252 valence electrons. The molecule has 3 aromatic rings. The van der Waals surface area contributed by atoms with Crippen molar-refractivity contribution in [2.45, 2.75) is 104 Å². The summed E-state index contributed by atoms with van der Waals surface area (Å²) in [6.07, 6.45) is -0.412. The van der Waals surface area contributed by atoms with Gasteiger partial charge in [0.05, 0.1) is 33.8 Å². The van der Waals surface area contributed by atoms with E-state index in [1.54, 1.807) is 4.90 Å². The molecular formula is C33H46Cl3N5O4Si. The Balaban J connectivity index is 1.95. The van der Waals surface area contributed by atoms with E-state index in [0.29, 0.717) is 23.4 Å². The minimum Gasteiger partial charge on any atom is -0.444 e. The summed E-state index contributed by atoms with van der Waals surface area (Å²) < 4.78 is 13.9. The van der Waals surface area contributed by atoms with E-state index in [4.69, 9.17) is 44.0 Å². The van der Waals surface area contributed by atoms with Gasteiger partial charge in [0.2, 0.25) is 0 Å². The van der Waals surface area contributed by atoms with Gasteiger partial charge in [-0.1, -0.05) is 87.6 Å². The Labute approximate surface area is 288 Å². The molecule has 4 rings (SSSR count). The van der Waals surface area contributed by atoms with Crippen LogP contribution in [0.2, 0.25) is 33.3 Å². The summed E-state index contributed by atoms with van der Waals surface area (Å²) in [5.41, 5.74) is 0.613. The number of hydrogen-bond donors (Lipinski definition) is 0. The second kappa shape index (κ2) is 13.3. The number of carbonyl (C=O) groups excluding carboxylic acids is 1. The summed E-state index contributed by atoms with van der Waals surface area (Å²) in [5, 5.41) is 0.533. The second-order valence-corrected chi connectivity index (χ2v) is 20.8. The summed E-state index contributed by atoms with van der Waals surface area (Å²) in [7, 11) is -2.21. The van der Waals surface area contributed by atoms with Gasteiger partial charge in [-0.05, 0) is 63.4 Å². The van der Waals surface area contributed by atoms with Crippen LogP contribution in [0.1, 0.15) is 73.8 Å². The summed E-state index contributed by atoms with van der Waals surface area (Å²) in [6.45, 7) is 23.3. The Morgan fingerprint density at radius 2 is 1.65 bits per heavy atom. The maximum Gasteiger partial charge on any atom is 0.410 e. The Bertz CT molecular complexity index is 1680. The molecule has 9 nitrogen and oxygen atoms in total. The van der Waals surface area contributed by atoms with Crippen molar-refractivity contribution in [2.75, 3.05) is 24.6 Å². The van der Waals surface area contributed by atoms with Gasteiger partial charge >= 0.3 is 11.8 Å². The Kier molecular flexibility index (Phi) is 10.5. The molecule has 1 aromatic carbocycles. The molecule has 1 aliphatic rings. The molecule has 0 saturated carbocycles. The zero-order valence-corrected chi connectivity index (χ0v) is 31.9. The minimum atomic E-state index is -2.21. The van der Waals surface area contributed by atoms with E-state index >= 15 is 0 Å². The highest BCUT2D eigenvalue weighted by molar-refractivity contribution is 6.74. The maximum absolute atomic E-state index is 14.1. The fourth-order valence-electron chi connectivity index (χ4n) is 5.28. The Hall–Kier alpha value is -2.37. The molecule has 1 saturated heterocycles. The molecule has 0 aliphatic carbocycles. The number of pyridine rings is 1. The van der Waals surface area contributed by atoms with Gasteiger partial charge in [-0.15, -0.1) is 0 Å². The number of aromatic nitrogens is 3. The molecule has 13 heteroatoms. The topological polar surface area (TPSA) is 89.8 Å². The third-order valence-electron chi connectivity index (χ3n) is 8.83. The van der Waals surface area contributed by atoms with E-state index in [2.05, 4.69) is 57.7 Å². The van der Waals surface area contributed by atoms with Gasteiger partial charge in [0.25, 0.3) is 0 Å². The third-order valence-corrected chi connectivity index (χ3v) is 14.5. The fourth-order valence-corrected chi connectivity index (χ4v) is 6.94. The SMILES string of the molecule is CC(C)c1ccccc1-n1c(=O)nc(N2C[C@H](C)N(C(=O)OC(C)(C)C)C[C@H]2CO[Si](C)(C)C(C)(C)C)c2c(Cl)c(Cl)c(Cl)nc21. The molecule has 0 unspecified atom stereocenters. The molecule has 1 amide bonds. The second-order valence-electron chi connectivity index (χ2n) is 14.9. The molecule has 0 N–H and O–H groups in total. The van der Waals surface area contributed by atoms with Crippen molar-refractivity contribution in [3.8, 4) is 5.69 Å². The first-order valence-electron chi connectivity index (χ1n) is 15.6. The number of para-hydroxylation sites is 1. The number of halogens is 3. The number of carbonyl (C=O) groups is 1. The smallest absolute Gasteiger partial charge is 0.410 e. The summed E-state index contributed by atoms with van der Waals surface area (Å²) in [4.78, 5) is 40.5. The standard InChI is InChI=1S/C33H46Cl3N5O4Si/c1-19(2)22-14-12-13-15-23(22)41-29-24(25(34)26(35)27(36)37-29)28(38-30(41)42)40-16-20(3)39(31(43)45-32(4,5)6)17-21(40)18-44-46(10,11)33(7,8)9/h12-15,19-21H,16-18H2,1-11H3/t20-,21-/m0/s1. The van der Waals surface area contributed by atoms with E-state index in [9.17, 15) is 9.59 Å². The first kappa shape index (κ1) is 36.5. The minimum absolute atomic E-state index is 0.0209. The zero-order valence-electron chi connectivity index (χ0n) is 28.7. The summed E-state index contributed by atoms with van der Waals surface area (Å²) in [6, 6.07) is 6.92. The number of benzene rings is 1. The van der Waals surface area contributed by atoms with Crippen molar-refractivity contribution in [1.29, 1.82) is 0 Å². The van der Waals surface area contributed by atoms with E-state index in [1.807, 2.05) is 56.9 Å². The highest BCUT2D eigenvalue weighted by Crippen LogP contribution is 2.41. The van der Waals surface area contributed by atoms with Crippen LogP contribution in [-0.4, -0.2) is 71.2 Å². The lowest BCUT2D eigenvalue weighted by Crippen LogP contribution is -2.62.